The van der Waals surface area contributed by atoms with E-state index >= 15 is 0 Å². The van der Waals surface area contributed by atoms with Crippen LogP contribution in [0.1, 0.15) is 38.2 Å². The number of nitriles is 1. The van der Waals surface area contributed by atoms with Crippen LogP contribution in [0.25, 0.3) is 22.2 Å². The van der Waals surface area contributed by atoms with Gasteiger partial charge in [-0.15, -0.1) is 0 Å². The van der Waals surface area contributed by atoms with Crippen LogP contribution in [0, 0.1) is 17.2 Å². The zero-order valence-corrected chi connectivity index (χ0v) is 23.1. The number of oxazole rings is 1. The summed E-state index contributed by atoms with van der Waals surface area (Å²) in [5.74, 6) is -0.484. The van der Waals surface area contributed by atoms with E-state index in [4.69, 9.17) is 14.9 Å². The van der Waals surface area contributed by atoms with Crippen LogP contribution in [-0.2, 0) is 22.5 Å². The van der Waals surface area contributed by atoms with Crippen LogP contribution in [0.3, 0.4) is 0 Å². The molecule has 9 heteroatoms. The number of carbonyl (C=O) groups is 1. The van der Waals surface area contributed by atoms with E-state index in [0.29, 0.717) is 31.7 Å². The average Bonchev–Trinajstić information content (AvgIpc) is 3.58. The molecular formula is C30H39N5O4. The number of likely N-dealkylation sites (N-methyl/N-ethyl adjacent to an activating group) is 1. The van der Waals surface area contributed by atoms with Crippen LogP contribution >= 0.6 is 0 Å². The van der Waals surface area contributed by atoms with Gasteiger partial charge >= 0.3 is 5.76 Å². The number of methoxy groups -OCH3 is 1. The molecule has 2 aromatic carbocycles. The van der Waals surface area contributed by atoms with Crippen LogP contribution < -0.4 is 16.8 Å². The molecule has 1 fully saturated rings. The minimum Gasteiger partial charge on any atom is -0.408 e. The van der Waals surface area contributed by atoms with Crippen LogP contribution in [0.4, 0.5) is 0 Å². The van der Waals surface area contributed by atoms with E-state index in [2.05, 4.69) is 16.3 Å². The van der Waals surface area contributed by atoms with Gasteiger partial charge in [-0.3, -0.25) is 9.36 Å². The molecule has 0 radical (unpaired) electrons. The maximum absolute atomic E-state index is 12.9. The van der Waals surface area contributed by atoms with Gasteiger partial charge in [-0.25, -0.2) is 4.79 Å². The Hall–Kier alpha value is -3.45. The maximum Gasteiger partial charge on any atom is 0.419 e. The van der Waals surface area contributed by atoms with E-state index in [-0.39, 0.29) is 17.6 Å². The summed E-state index contributed by atoms with van der Waals surface area (Å²) in [6.45, 7) is 4.39. The molecule has 0 saturated heterocycles. The van der Waals surface area contributed by atoms with Crippen LogP contribution in [0.2, 0.25) is 0 Å². The van der Waals surface area contributed by atoms with Gasteiger partial charge in [0.1, 0.15) is 6.04 Å². The monoisotopic (exact) mass is 533 g/mol. The van der Waals surface area contributed by atoms with E-state index in [1.54, 1.807) is 18.6 Å². The molecule has 1 aliphatic rings. The first-order chi connectivity index (χ1) is 18.7. The molecule has 3 N–H and O–H groups in total. The number of aromatic nitrogens is 1. The molecule has 1 heterocycles. The lowest BCUT2D eigenvalue weighted by atomic mass is 9.84. The first-order valence-corrected chi connectivity index (χ1v) is 13.6. The van der Waals surface area contributed by atoms with E-state index in [1.807, 2.05) is 49.5 Å². The van der Waals surface area contributed by atoms with Gasteiger partial charge in [0.15, 0.2) is 5.58 Å². The molecule has 0 spiro atoms. The van der Waals surface area contributed by atoms with Crippen molar-refractivity contribution >= 4 is 17.0 Å². The highest BCUT2D eigenvalue weighted by Crippen LogP contribution is 2.33. The number of amides is 1. The first kappa shape index (κ1) is 28.6. The van der Waals surface area contributed by atoms with Crippen LogP contribution in [0.5, 0.6) is 0 Å². The fourth-order valence-corrected chi connectivity index (χ4v) is 5.31. The third-order valence-corrected chi connectivity index (χ3v) is 7.93. The smallest absolute Gasteiger partial charge is 0.408 e. The fraction of sp³-hybridized carbons (Fsp3) is 0.500. The Morgan fingerprint density at radius 2 is 1.92 bits per heavy atom. The Balaban J connectivity index is 1.43. The van der Waals surface area contributed by atoms with E-state index in [1.165, 1.54) is 0 Å². The summed E-state index contributed by atoms with van der Waals surface area (Å²) in [7, 11) is 3.66. The molecule has 1 aromatic heterocycles. The van der Waals surface area contributed by atoms with Crippen molar-refractivity contribution in [2.45, 2.75) is 57.2 Å². The number of rotatable bonds is 12. The highest BCUT2D eigenvalue weighted by Gasteiger charge is 2.39. The quantitative estimate of drug-likeness (QED) is 0.366. The largest absolute Gasteiger partial charge is 0.419 e. The standard InChI is InChI=1S/C30H39N5O4/c1-30(32,24-6-4-5-7-24)28(36)33-25(20-31)18-21-8-10-22(11-9-21)23-12-13-27-26(19-23)35(29(37)39-27)15-14-34(2)16-17-38-3/h8-13,19,24-25H,4-7,14-18,32H2,1-3H3,(H,33,36)/t25-,30+/m0/s1. The lowest BCUT2D eigenvalue weighted by molar-refractivity contribution is -0.128. The highest BCUT2D eigenvalue weighted by molar-refractivity contribution is 5.86. The molecule has 1 aliphatic carbocycles. The average molecular weight is 534 g/mol. The van der Waals surface area contributed by atoms with Crippen molar-refractivity contribution in [3.63, 3.8) is 0 Å². The number of hydrogen-bond donors (Lipinski definition) is 2. The predicted octanol–water partition coefficient (Wildman–Crippen LogP) is 3.30. The lowest BCUT2D eigenvalue weighted by Gasteiger charge is -2.31. The second kappa shape index (κ2) is 12.6. The van der Waals surface area contributed by atoms with Crippen molar-refractivity contribution in [3.05, 3.63) is 58.6 Å². The Kier molecular flexibility index (Phi) is 9.23. The molecule has 3 aromatic rings. The van der Waals surface area contributed by atoms with E-state index in [9.17, 15) is 14.9 Å². The second-order valence-corrected chi connectivity index (χ2v) is 10.8. The predicted molar refractivity (Wildman–Crippen MR) is 151 cm³/mol. The molecule has 2 atom stereocenters. The fourth-order valence-electron chi connectivity index (χ4n) is 5.31. The molecule has 1 saturated carbocycles. The Labute approximate surface area is 229 Å². The summed E-state index contributed by atoms with van der Waals surface area (Å²) < 4.78 is 12.2. The van der Waals surface area contributed by atoms with Gasteiger partial charge in [0.05, 0.1) is 23.7 Å². The van der Waals surface area contributed by atoms with Crippen molar-refractivity contribution < 1.29 is 13.9 Å². The molecule has 39 heavy (non-hydrogen) atoms. The van der Waals surface area contributed by atoms with Crippen LogP contribution in [0.15, 0.2) is 51.7 Å². The van der Waals surface area contributed by atoms with Crippen LogP contribution in [-0.4, -0.2) is 60.8 Å². The minimum atomic E-state index is -0.971. The summed E-state index contributed by atoms with van der Waals surface area (Å²) in [4.78, 5) is 27.5. The van der Waals surface area contributed by atoms with Crippen molar-refractivity contribution in [2.24, 2.45) is 11.7 Å². The summed E-state index contributed by atoms with van der Waals surface area (Å²) in [5, 5.41) is 12.6. The zero-order valence-electron chi connectivity index (χ0n) is 23.1. The number of hydrogen-bond acceptors (Lipinski definition) is 7. The lowest BCUT2D eigenvalue weighted by Crippen LogP contribution is -2.58. The Morgan fingerprint density at radius 1 is 1.23 bits per heavy atom. The van der Waals surface area contributed by atoms with Gasteiger partial charge in [-0.2, -0.15) is 5.26 Å². The van der Waals surface area contributed by atoms with Crippen molar-refractivity contribution in [3.8, 4) is 17.2 Å². The normalized spacial score (nSPS) is 16.3. The first-order valence-electron chi connectivity index (χ1n) is 13.6. The maximum atomic E-state index is 12.9. The van der Waals surface area contributed by atoms with Gasteiger partial charge in [-0.05, 0) is 61.6 Å². The van der Waals surface area contributed by atoms with Gasteiger partial charge < -0.3 is 25.1 Å². The molecule has 9 nitrogen and oxygen atoms in total. The van der Waals surface area contributed by atoms with Gasteiger partial charge in [0.2, 0.25) is 5.91 Å². The number of fused-ring (bicyclic) bond motifs is 1. The summed E-state index contributed by atoms with van der Waals surface area (Å²) in [6, 6.07) is 15.2. The molecular weight excluding hydrogens is 494 g/mol. The third kappa shape index (κ3) is 6.77. The molecule has 4 rings (SSSR count). The number of nitrogens with two attached hydrogens (primary N) is 1. The highest BCUT2D eigenvalue weighted by atomic mass is 16.5. The molecule has 1 amide bonds. The molecule has 0 unspecified atom stereocenters. The van der Waals surface area contributed by atoms with Crippen molar-refractivity contribution in [1.29, 1.82) is 5.26 Å². The number of nitrogens with one attached hydrogen (secondary N) is 1. The SMILES string of the molecule is COCCN(C)CCn1c(=O)oc2ccc(-c3ccc(C[C@@H](C#N)NC(=O)[C@](C)(N)C4CCCC4)cc3)cc21. The summed E-state index contributed by atoms with van der Waals surface area (Å²) >= 11 is 0. The topological polar surface area (TPSA) is 127 Å². The molecule has 208 valence electrons. The van der Waals surface area contributed by atoms with E-state index in [0.717, 1.165) is 54.4 Å². The van der Waals surface area contributed by atoms with Crippen molar-refractivity contribution in [2.75, 3.05) is 33.9 Å². The van der Waals surface area contributed by atoms with Crippen molar-refractivity contribution in [1.82, 2.24) is 14.8 Å². The number of nitrogens with zero attached hydrogens (tertiary/aromatic N) is 3. The molecule has 0 bridgehead atoms. The summed E-state index contributed by atoms with van der Waals surface area (Å²) in [6.07, 6.45) is 4.48. The number of benzene rings is 2. The van der Waals surface area contributed by atoms with Gasteiger partial charge in [0, 0.05) is 33.2 Å². The van der Waals surface area contributed by atoms with Gasteiger partial charge in [-0.1, -0.05) is 43.2 Å². The Bertz CT molecular complexity index is 1360. The zero-order chi connectivity index (χ0) is 28.0. The Morgan fingerprint density at radius 3 is 2.59 bits per heavy atom. The molecule has 0 aliphatic heterocycles. The minimum absolute atomic E-state index is 0.150. The second-order valence-electron chi connectivity index (χ2n) is 10.8. The third-order valence-electron chi connectivity index (χ3n) is 7.93. The summed E-state index contributed by atoms with van der Waals surface area (Å²) in [5.41, 5.74) is 9.60. The van der Waals surface area contributed by atoms with Gasteiger partial charge in [0.25, 0.3) is 0 Å². The van der Waals surface area contributed by atoms with E-state index < -0.39 is 11.6 Å². The number of carbonyl (C=O) groups excluding carboxylic acids is 1. The number of ether oxygens (including phenoxy) is 1.